The van der Waals surface area contributed by atoms with Crippen LogP contribution in [0.4, 0.5) is 0 Å². The van der Waals surface area contributed by atoms with Crippen LogP contribution in [0.1, 0.15) is 0 Å². The van der Waals surface area contributed by atoms with Crippen molar-refractivity contribution in [3.05, 3.63) is 59.6 Å². The minimum atomic E-state index is 0.668. The third kappa shape index (κ3) is 2.67. The molecule has 0 aliphatic carbocycles. The molecule has 0 aliphatic rings. The lowest BCUT2D eigenvalue weighted by molar-refractivity contribution is 0.415. The predicted octanol–water partition coefficient (Wildman–Crippen LogP) is 5.18. The van der Waals surface area contributed by atoms with E-state index in [-0.39, 0.29) is 0 Å². The molecule has 21 heavy (non-hydrogen) atoms. The van der Waals surface area contributed by atoms with Crippen LogP contribution in [0.2, 0.25) is 5.02 Å². The van der Waals surface area contributed by atoms with Crippen molar-refractivity contribution >= 4 is 22.4 Å². The molecule has 0 amide bonds. The molecule has 2 nitrogen and oxygen atoms in total. The highest BCUT2D eigenvalue weighted by Gasteiger charge is 2.07. The lowest BCUT2D eigenvalue weighted by Crippen LogP contribution is -1.88. The summed E-state index contributed by atoms with van der Waals surface area (Å²) in [5, 5.41) is 2.97. The van der Waals surface area contributed by atoms with Gasteiger partial charge < -0.3 is 9.47 Å². The largest absolute Gasteiger partial charge is 0.497 e. The molecule has 106 valence electrons. The summed E-state index contributed by atoms with van der Waals surface area (Å²) in [6.45, 7) is 0. The summed E-state index contributed by atoms with van der Waals surface area (Å²) in [6, 6.07) is 18.0. The minimum Gasteiger partial charge on any atom is -0.497 e. The number of hydrogen-bond donors (Lipinski definition) is 0. The Morgan fingerprint density at radius 3 is 2.29 bits per heavy atom. The van der Waals surface area contributed by atoms with E-state index in [1.807, 2.05) is 30.3 Å². The maximum atomic E-state index is 6.02. The zero-order valence-electron chi connectivity index (χ0n) is 11.9. The molecule has 0 spiro atoms. The van der Waals surface area contributed by atoms with E-state index in [1.54, 1.807) is 14.2 Å². The average molecular weight is 299 g/mol. The van der Waals surface area contributed by atoms with Gasteiger partial charge in [-0.3, -0.25) is 0 Å². The second kappa shape index (κ2) is 5.66. The van der Waals surface area contributed by atoms with E-state index in [4.69, 9.17) is 21.1 Å². The highest BCUT2D eigenvalue weighted by Crippen LogP contribution is 2.34. The summed E-state index contributed by atoms with van der Waals surface area (Å²) in [4.78, 5) is 0. The number of fused-ring (bicyclic) bond motifs is 1. The Kier molecular flexibility index (Phi) is 3.72. The van der Waals surface area contributed by atoms with Crippen molar-refractivity contribution < 1.29 is 9.47 Å². The number of ether oxygens (including phenoxy) is 2. The molecule has 0 N–H and O–H groups in total. The van der Waals surface area contributed by atoms with E-state index >= 15 is 0 Å². The van der Waals surface area contributed by atoms with E-state index in [1.165, 1.54) is 0 Å². The monoisotopic (exact) mass is 298 g/mol. The summed E-state index contributed by atoms with van der Waals surface area (Å²) in [5.41, 5.74) is 2.13. The van der Waals surface area contributed by atoms with Gasteiger partial charge in [0.05, 0.1) is 14.2 Å². The molecule has 0 fully saturated rings. The number of benzene rings is 3. The molecule has 0 saturated heterocycles. The molecular weight excluding hydrogens is 284 g/mol. The fourth-order valence-corrected chi connectivity index (χ4v) is 2.58. The number of halogens is 1. The molecule has 0 heterocycles. The van der Waals surface area contributed by atoms with E-state index in [0.29, 0.717) is 5.02 Å². The van der Waals surface area contributed by atoms with Gasteiger partial charge in [0.25, 0.3) is 0 Å². The minimum absolute atomic E-state index is 0.668. The van der Waals surface area contributed by atoms with Gasteiger partial charge in [-0.05, 0) is 52.7 Å². The van der Waals surface area contributed by atoms with Crippen molar-refractivity contribution in [3.8, 4) is 22.6 Å². The van der Waals surface area contributed by atoms with Crippen LogP contribution in [-0.2, 0) is 0 Å². The predicted molar refractivity (Wildman–Crippen MR) is 87.5 cm³/mol. The lowest BCUT2D eigenvalue weighted by atomic mass is 10.0. The molecule has 3 aromatic rings. The van der Waals surface area contributed by atoms with Crippen LogP contribution in [0.5, 0.6) is 11.5 Å². The van der Waals surface area contributed by atoms with Gasteiger partial charge in [-0.15, -0.1) is 0 Å². The van der Waals surface area contributed by atoms with Crippen molar-refractivity contribution in [2.75, 3.05) is 14.2 Å². The maximum absolute atomic E-state index is 6.02. The second-order valence-corrected chi connectivity index (χ2v) is 5.21. The molecule has 3 rings (SSSR count). The fourth-order valence-electron chi connectivity index (χ4n) is 2.42. The van der Waals surface area contributed by atoms with Crippen molar-refractivity contribution in [3.63, 3.8) is 0 Å². The first-order chi connectivity index (χ1) is 10.2. The number of methoxy groups -OCH3 is 2. The maximum Gasteiger partial charge on any atom is 0.128 e. The molecule has 3 aromatic carbocycles. The Hall–Kier alpha value is -2.19. The zero-order chi connectivity index (χ0) is 14.8. The van der Waals surface area contributed by atoms with Crippen LogP contribution in [0.15, 0.2) is 54.6 Å². The van der Waals surface area contributed by atoms with Crippen LogP contribution in [0.3, 0.4) is 0 Å². The third-order valence-electron chi connectivity index (χ3n) is 3.52. The van der Waals surface area contributed by atoms with Crippen LogP contribution < -0.4 is 9.47 Å². The molecule has 0 atom stereocenters. The standard InChI is InChI=1S/C18H15ClO2/c1-20-16-7-5-12-9-14(4-3-13(12)10-16)17-8-6-15(19)11-18(17)21-2/h3-11H,1-2H3. The van der Waals surface area contributed by atoms with Gasteiger partial charge >= 0.3 is 0 Å². The highest BCUT2D eigenvalue weighted by molar-refractivity contribution is 6.30. The van der Waals surface area contributed by atoms with Crippen LogP contribution >= 0.6 is 11.6 Å². The Balaban J connectivity index is 2.13. The highest BCUT2D eigenvalue weighted by atomic mass is 35.5. The molecule has 0 aromatic heterocycles. The summed E-state index contributed by atoms with van der Waals surface area (Å²) < 4.78 is 10.7. The summed E-state index contributed by atoms with van der Waals surface area (Å²) in [6.07, 6.45) is 0. The van der Waals surface area contributed by atoms with Gasteiger partial charge in [-0.1, -0.05) is 29.8 Å². The van der Waals surface area contributed by atoms with Crippen molar-refractivity contribution in [2.24, 2.45) is 0 Å². The average Bonchev–Trinajstić information content (AvgIpc) is 2.53. The summed E-state index contributed by atoms with van der Waals surface area (Å²) in [5.74, 6) is 1.63. The van der Waals surface area contributed by atoms with E-state index in [0.717, 1.165) is 33.4 Å². The van der Waals surface area contributed by atoms with E-state index in [9.17, 15) is 0 Å². The van der Waals surface area contributed by atoms with Gasteiger partial charge in [0, 0.05) is 10.6 Å². The Bertz CT molecular complexity index is 796. The van der Waals surface area contributed by atoms with Crippen molar-refractivity contribution in [2.45, 2.75) is 0 Å². The van der Waals surface area contributed by atoms with Gasteiger partial charge in [0.15, 0.2) is 0 Å². The topological polar surface area (TPSA) is 18.5 Å². The van der Waals surface area contributed by atoms with Crippen molar-refractivity contribution in [1.82, 2.24) is 0 Å². The van der Waals surface area contributed by atoms with Gasteiger partial charge in [-0.25, -0.2) is 0 Å². The Labute approximate surface area is 128 Å². The number of hydrogen-bond acceptors (Lipinski definition) is 2. The normalized spacial score (nSPS) is 10.6. The van der Waals surface area contributed by atoms with Crippen LogP contribution in [0.25, 0.3) is 21.9 Å². The summed E-state index contributed by atoms with van der Waals surface area (Å²) >= 11 is 6.02. The van der Waals surface area contributed by atoms with Gasteiger partial charge in [0.2, 0.25) is 0 Å². The Morgan fingerprint density at radius 2 is 1.52 bits per heavy atom. The third-order valence-corrected chi connectivity index (χ3v) is 3.76. The Morgan fingerprint density at radius 1 is 0.762 bits per heavy atom. The molecule has 0 radical (unpaired) electrons. The first-order valence-corrected chi connectivity index (χ1v) is 7.01. The molecule has 0 unspecified atom stereocenters. The van der Waals surface area contributed by atoms with E-state index < -0.39 is 0 Å². The lowest BCUT2D eigenvalue weighted by Gasteiger charge is -2.10. The molecular formula is C18H15ClO2. The van der Waals surface area contributed by atoms with E-state index in [2.05, 4.69) is 24.3 Å². The SMILES string of the molecule is COc1ccc2cc(-c3ccc(Cl)cc3OC)ccc2c1. The molecule has 0 aliphatic heterocycles. The summed E-state index contributed by atoms with van der Waals surface area (Å²) in [7, 11) is 3.33. The second-order valence-electron chi connectivity index (χ2n) is 4.77. The first kappa shape index (κ1) is 13.8. The zero-order valence-corrected chi connectivity index (χ0v) is 12.6. The molecule has 3 heteroatoms. The number of rotatable bonds is 3. The van der Waals surface area contributed by atoms with Gasteiger partial charge in [0.1, 0.15) is 11.5 Å². The molecule has 0 saturated carbocycles. The quantitative estimate of drug-likeness (QED) is 0.663. The van der Waals surface area contributed by atoms with Crippen LogP contribution in [-0.4, -0.2) is 14.2 Å². The van der Waals surface area contributed by atoms with Gasteiger partial charge in [-0.2, -0.15) is 0 Å². The van der Waals surface area contributed by atoms with Crippen LogP contribution in [0, 0.1) is 0 Å². The fraction of sp³-hybridized carbons (Fsp3) is 0.111. The smallest absolute Gasteiger partial charge is 0.128 e. The van der Waals surface area contributed by atoms with Crippen molar-refractivity contribution in [1.29, 1.82) is 0 Å². The molecule has 0 bridgehead atoms. The first-order valence-electron chi connectivity index (χ1n) is 6.63.